The molecule has 1 N–H and O–H groups in total. The Kier molecular flexibility index (Phi) is 4.53. The Hall–Kier alpha value is -2.79. The number of nitrogens with one attached hydrogen (secondary N) is 1. The van der Waals surface area contributed by atoms with Crippen LogP contribution in [0.2, 0.25) is 5.02 Å². The third kappa shape index (κ3) is 3.12. The maximum Gasteiger partial charge on any atom is 0.274 e. The van der Waals surface area contributed by atoms with E-state index in [1.165, 1.54) is 14.2 Å². The normalized spacial score (nSPS) is 11.1. The van der Waals surface area contributed by atoms with Crippen LogP contribution in [0.1, 0.15) is 11.3 Å². The zero-order valence-corrected chi connectivity index (χ0v) is 13.9. The largest absolute Gasteiger partial charge is 0.493 e. The molecule has 0 saturated carbocycles. The Morgan fingerprint density at radius 1 is 1.12 bits per heavy atom. The number of H-pyrrole nitrogens is 1. The summed E-state index contributed by atoms with van der Waals surface area (Å²) in [5.74, 6) is 0.989. The van der Waals surface area contributed by atoms with Crippen molar-refractivity contribution in [3.8, 4) is 11.5 Å². The predicted octanol–water partition coefficient (Wildman–Crippen LogP) is 3.76. The zero-order chi connectivity index (χ0) is 17.1. The molecule has 0 aliphatic rings. The highest BCUT2D eigenvalue weighted by atomic mass is 35.5. The van der Waals surface area contributed by atoms with Crippen LogP contribution in [0, 0.1) is 0 Å². The molecule has 3 aromatic rings. The summed E-state index contributed by atoms with van der Waals surface area (Å²) in [6.45, 7) is 0. The second-order valence-corrected chi connectivity index (χ2v) is 5.45. The summed E-state index contributed by atoms with van der Waals surface area (Å²) in [5, 5.41) is 0.428. The van der Waals surface area contributed by atoms with Crippen LogP contribution >= 0.6 is 11.6 Å². The fourth-order valence-electron chi connectivity index (χ4n) is 2.37. The summed E-state index contributed by atoms with van der Waals surface area (Å²) in [5.41, 5.74) is 2.26. The van der Waals surface area contributed by atoms with E-state index in [2.05, 4.69) is 9.97 Å². The van der Waals surface area contributed by atoms with Gasteiger partial charge in [0, 0.05) is 0 Å². The van der Waals surface area contributed by atoms with Crippen molar-refractivity contribution < 1.29 is 9.47 Å². The minimum absolute atomic E-state index is 0.253. The lowest BCUT2D eigenvalue weighted by atomic mass is 10.1. The molecule has 2 aromatic carbocycles. The second-order valence-electron chi connectivity index (χ2n) is 5.04. The van der Waals surface area contributed by atoms with Gasteiger partial charge in [-0.05, 0) is 35.9 Å². The van der Waals surface area contributed by atoms with Crippen molar-refractivity contribution in [2.45, 2.75) is 0 Å². The summed E-state index contributed by atoms with van der Waals surface area (Å²) in [6, 6.07) is 10.9. The predicted molar refractivity (Wildman–Crippen MR) is 95.8 cm³/mol. The molecule has 0 aliphatic heterocycles. The van der Waals surface area contributed by atoms with Crippen LogP contribution < -0.4 is 15.0 Å². The first kappa shape index (κ1) is 16.1. The van der Waals surface area contributed by atoms with E-state index in [0.29, 0.717) is 27.7 Å². The van der Waals surface area contributed by atoms with Gasteiger partial charge in [0.1, 0.15) is 5.69 Å². The van der Waals surface area contributed by atoms with Crippen molar-refractivity contribution in [2.24, 2.45) is 0 Å². The van der Waals surface area contributed by atoms with E-state index in [0.717, 1.165) is 11.1 Å². The first-order chi connectivity index (χ1) is 11.6. The molecule has 0 amide bonds. The average molecular weight is 343 g/mol. The van der Waals surface area contributed by atoms with E-state index in [-0.39, 0.29) is 5.56 Å². The zero-order valence-electron chi connectivity index (χ0n) is 13.2. The molecule has 0 unspecified atom stereocenters. The van der Waals surface area contributed by atoms with Gasteiger partial charge in [0.25, 0.3) is 5.56 Å². The maximum atomic E-state index is 12.1. The van der Waals surface area contributed by atoms with E-state index in [9.17, 15) is 4.79 Å². The summed E-state index contributed by atoms with van der Waals surface area (Å²) in [6.07, 6.45) is 3.39. The molecule has 5 nitrogen and oxygen atoms in total. The number of ether oxygens (including phenoxy) is 2. The van der Waals surface area contributed by atoms with Gasteiger partial charge < -0.3 is 14.5 Å². The van der Waals surface area contributed by atoms with Crippen LogP contribution in [0.3, 0.4) is 0 Å². The number of rotatable bonds is 4. The van der Waals surface area contributed by atoms with E-state index in [1.807, 2.05) is 24.3 Å². The number of hydrogen-bond acceptors (Lipinski definition) is 4. The Morgan fingerprint density at radius 3 is 2.67 bits per heavy atom. The number of benzene rings is 2. The quantitative estimate of drug-likeness (QED) is 0.784. The first-order valence-corrected chi connectivity index (χ1v) is 7.59. The first-order valence-electron chi connectivity index (χ1n) is 7.21. The molecule has 0 atom stereocenters. The van der Waals surface area contributed by atoms with Crippen molar-refractivity contribution in [2.75, 3.05) is 14.2 Å². The van der Waals surface area contributed by atoms with Crippen LogP contribution in [0.25, 0.3) is 23.2 Å². The van der Waals surface area contributed by atoms with Crippen molar-refractivity contribution in [1.29, 1.82) is 0 Å². The maximum absolute atomic E-state index is 12.1. The van der Waals surface area contributed by atoms with Crippen LogP contribution in [0.15, 0.2) is 41.2 Å². The number of aromatic nitrogens is 2. The van der Waals surface area contributed by atoms with Gasteiger partial charge in [-0.25, -0.2) is 4.98 Å². The van der Waals surface area contributed by atoms with Gasteiger partial charge >= 0.3 is 0 Å². The molecule has 0 fully saturated rings. The third-order valence-electron chi connectivity index (χ3n) is 3.52. The highest BCUT2D eigenvalue weighted by Gasteiger charge is 2.10. The van der Waals surface area contributed by atoms with Gasteiger partial charge in [-0.2, -0.15) is 0 Å². The standard InChI is InChI=1S/C18H15ClN2O3/c1-23-16-10-11(9-12(19)17(16)24-2)7-8-15-18(22)21-14-6-4-3-5-13(14)20-15/h3-10H,1-2H3,(H,21,22)/b8-7+. The Balaban J connectivity index is 2.01. The Morgan fingerprint density at radius 2 is 1.92 bits per heavy atom. The Labute approximate surface area is 143 Å². The van der Waals surface area contributed by atoms with Gasteiger partial charge in [-0.15, -0.1) is 0 Å². The van der Waals surface area contributed by atoms with Crippen LogP contribution in [0.5, 0.6) is 11.5 Å². The molecule has 0 bridgehead atoms. The van der Waals surface area contributed by atoms with E-state index in [4.69, 9.17) is 21.1 Å². The van der Waals surface area contributed by atoms with Crippen molar-refractivity contribution in [3.05, 3.63) is 63.0 Å². The molecular weight excluding hydrogens is 328 g/mol. The number of nitrogens with zero attached hydrogens (tertiary/aromatic N) is 1. The fraction of sp³-hybridized carbons (Fsp3) is 0.111. The molecule has 1 heterocycles. The number of hydrogen-bond donors (Lipinski definition) is 1. The number of para-hydroxylation sites is 2. The molecule has 3 rings (SSSR count). The van der Waals surface area contributed by atoms with E-state index >= 15 is 0 Å². The number of fused-ring (bicyclic) bond motifs is 1. The summed E-state index contributed by atoms with van der Waals surface area (Å²) < 4.78 is 10.5. The lowest BCUT2D eigenvalue weighted by molar-refractivity contribution is 0.355. The van der Waals surface area contributed by atoms with Gasteiger partial charge in [0.2, 0.25) is 0 Å². The molecular formula is C18H15ClN2O3. The molecule has 24 heavy (non-hydrogen) atoms. The van der Waals surface area contributed by atoms with Crippen LogP contribution in [-0.4, -0.2) is 24.2 Å². The topological polar surface area (TPSA) is 64.2 Å². The summed E-state index contributed by atoms with van der Waals surface area (Å²) in [4.78, 5) is 19.3. The minimum atomic E-state index is -0.253. The van der Waals surface area contributed by atoms with Gasteiger partial charge in [0.15, 0.2) is 11.5 Å². The Bertz CT molecular complexity index is 980. The number of halogens is 1. The smallest absolute Gasteiger partial charge is 0.274 e. The summed E-state index contributed by atoms with van der Waals surface area (Å²) in [7, 11) is 3.06. The lowest BCUT2D eigenvalue weighted by Crippen LogP contribution is -2.11. The molecule has 0 radical (unpaired) electrons. The van der Waals surface area contributed by atoms with Crippen LogP contribution in [0.4, 0.5) is 0 Å². The molecule has 0 aliphatic carbocycles. The van der Waals surface area contributed by atoms with Crippen molar-refractivity contribution in [1.82, 2.24) is 9.97 Å². The minimum Gasteiger partial charge on any atom is -0.493 e. The molecule has 0 saturated heterocycles. The highest BCUT2D eigenvalue weighted by molar-refractivity contribution is 6.32. The van der Waals surface area contributed by atoms with Gasteiger partial charge in [-0.1, -0.05) is 29.8 Å². The lowest BCUT2D eigenvalue weighted by Gasteiger charge is -2.10. The molecule has 0 spiro atoms. The van der Waals surface area contributed by atoms with Crippen molar-refractivity contribution in [3.63, 3.8) is 0 Å². The van der Waals surface area contributed by atoms with Crippen molar-refractivity contribution >= 4 is 34.8 Å². The molecule has 6 heteroatoms. The van der Waals surface area contributed by atoms with Gasteiger partial charge in [-0.3, -0.25) is 4.79 Å². The van der Waals surface area contributed by atoms with Crippen LogP contribution in [-0.2, 0) is 0 Å². The molecule has 122 valence electrons. The summed E-state index contributed by atoms with van der Waals surface area (Å²) >= 11 is 6.18. The number of aromatic amines is 1. The monoisotopic (exact) mass is 342 g/mol. The average Bonchev–Trinajstić information content (AvgIpc) is 2.59. The third-order valence-corrected chi connectivity index (χ3v) is 3.80. The molecule has 1 aromatic heterocycles. The fourth-order valence-corrected chi connectivity index (χ4v) is 2.66. The van der Waals surface area contributed by atoms with E-state index in [1.54, 1.807) is 24.3 Å². The highest BCUT2D eigenvalue weighted by Crippen LogP contribution is 2.36. The van der Waals surface area contributed by atoms with Gasteiger partial charge in [0.05, 0.1) is 30.3 Å². The number of methoxy groups -OCH3 is 2. The second kappa shape index (κ2) is 6.76. The SMILES string of the molecule is COc1cc(/C=C/c2nc3ccccc3[nH]c2=O)cc(Cl)c1OC. The van der Waals surface area contributed by atoms with E-state index < -0.39 is 0 Å².